The fraction of sp³-hybridized carbons (Fsp3) is 0.565. The van der Waals surface area contributed by atoms with E-state index in [9.17, 15) is 0 Å². The third-order valence-corrected chi connectivity index (χ3v) is 5.91. The first-order chi connectivity index (χ1) is 14.6. The lowest BCUT2D eigenvalue weighted by Gasteiger charge is -2.38. The van der Waals surface area contributed by atoms with E-state index in [1.807, 2.05) is 26.1 Å². The van der Waals surface area contributed by atoms with Gasteiger partial charge in [-0.1, -0.05) is 12.1 Å². The summed E-state index contributed by atoms with van der Waals surface area (Å²) in [6.45, 7) is 8.25. The highest BCUT2D eigenvalue weighted by molar-refractivity contribution is 5.79. The van der Waals surface area contributed by atoms with Crippen molar-refractivity contribution in [3.8, 4) is 5.75 Å². The van der Waals surface area contributed by atoms with Crippen molar-refractivity contribution in [2.24, 2.45) is 4.99 Å². The maximum absolute atomic E-state index is 5.65. The van der Waals surface area contributed by atoms with E-state index in [2.05, 4.69) is 50.5 Å². The topological polar surface area (TPSA) is 72.7 Å². The number of aryl methyl sites for hydroxylation is 3. The zero-order valence-corrected chi connectivity index (χ0v) is 18.7. The van der Waals surface area contributed by atoms with Crippen LogP contribution in [0.25, 0.3) is 0 Å². The van der Waals surface area contributed by atoms with Crippen LogP contribution in [0.15, 0.2) is 35.3 Å². The van der Waals surface area contributed by atoms with Crippen LogP contribution in [0.3, 0.4) is 0 Å². The molecule has 2 heterocycles. The smallest absolute Gasteiger partial charge is 0.191 e. The van der Waals surface area contributed by atoms with Gasteiger partial charge in [-0.25, -0.2) is 0 Å². The number of aromatic nitrogens is 2. The summed E-state index contributed by atoms with van der Waals surface area (Å²) in [5.41, 5.74) is 3.62. The Morgan fingerprint density at radius 2 is 1.93 bits per heavy atom. The van der Waals surface area contributed by atoms with Crippen LogP contribution in [0.2, 0.25) is 0 Å². The predicted octanol–water partition coefficient (Wildman–Crippen LogP) is 2.81. The summed E-state index contributed by atoms with van der Waals surface area (Å²) >= 11 is 0. The summed E-state index contributed by atoms with van der Waals surface area (Å²) in [6, 6.07) is 10.5. The fourth-order valence-corrected chi connectivity index (χ4v) is 4.08. The van der Waals surface area contributed by atoms with E-state index in [0.29, 0.717) is 0 Å². The van der Waals surface area contributed by atoms with Crippen molar-refractivity contribution in [3.63, 3.8) is 0 Å². The van der Waals surface area contributed by atoms with E-state index in [-0.39, 0.29) is 5.41 Å². The molecule has 0 amide bonds. The number of benzene rings is 1. The van der Waals surface area contributed by atoms with Crippen molar-refractivity contribution < 1.29 is 9.47 Å². The van der Waals surface area contributed by atoms with Crippen molar-refractivity contribution in [1.82, 2.24) is 20.4 Å². The molecule has 0 spiro atoms. The van der Waals surface area contributed by atoms with Crippen LogP contribution in [0.1, 0.15) is 36.2 Å². The molecule has 0 aliphatic carbocycles. The molecule has 1 aliphatic rings. The van der Waals surface area contributed by atoms with Crippen molar-refractivity contribution in [2.75, 3.05) is 40.5 Å². The second kappa shape index (κ2) is 10.5. The molecule has 0 saturated carbocycles. The molecule has 1 aromatic heterocycles. The molecule has 2 N–H and O–H groups in total. The van der Waals surface area contributed by atoms with Gasteiger partial charge in [-0.05, 0) is 56.9 Å². The minimum absolute atomic E-state index is 0.0336. The van der Waals surface area contributed by atoms with Crippen molar-refractivity contribution >= 4 is 5.96 Å². The Morgan fingerprint density at radius 1 is 1.20 bits per heavy atom. The van der Waals surface area contributed by atoms with Gasteiger partial charge < -0.3 is 20.1 Å². The Labute approximate surface area is 179 Å². The lowest BCUT2D eigenvalue weighted by atomic mass is 9.74. The van der Waals surface area contributed by atoms with Crippen LogP contribution < -0.4 is 15.4 Å². The quantitative estimate of drug-likeness (QED) is 0.396. The maximum Gasteiger partial charge on any atom is 0.191 e. The molecule has 1 aromatic carbocycles. The number of hydrogen-bond acceptors (Lipinski definition) is 4. The molecular weight excluding hydrogens is 378 g/mol. The average molecular weight is 414 g/mol. The van der Waals surface area contributed by atoms with Crippen molar-refractivity contribution in [1.29, 1.82) is 0 Å². The molecule has 164 valence electrons. The van der Waals surface area contributed by atoms with Crippen LogP contribution in [0.4, 0.5) is 0 Å². The number of guanidine groups is 1. The third kappa shape index (κ3) is 5.53. The lowest BCUT2D eigenvalue weighted by Crippen LogP contribution is -2.48. The minimum atomic E-state index is 0.0336. The summed E-state index contributed by atoms with van der Waals surface area (Å²) in [5, 5.41) is 11.5. The van der Waals surface area contributed by atoms with E-state index in [1.54, 1.807) is 7.11 Å². The number of hydrogen-bond donors (Lipinski definition) is 2. The minimum Gasteiger partial charge on any atom is -0.497 e. The standard InChI is InChI=1S/C23H35N5O2/c1-18-16-19(2)28(27-18)13-5-12-25-22(24-3)26-17-23(10-14-30-15-11-23)20-6-8-21(29-4)9-7-20/h6-9,16H,5,10-15,17H2,1-4H3,(H2,24,25,26). The number of aliphatic imine (C=N–C) groups is 1. The average Bonchev–Trinajstić information content (AvgIpc) is 3.10. The summed E-state index contributed by atoms with van der Waals surface area (Å²) in [6.07, 6.45) is 2.96. The largest absolute Gasteiger partial charge is 0.497 e. The summed E-state index contributed by atoms with van der Waals surface area (Å²) in [7, 11) is 3.52. The molecule has 0 atom stereocenters. The van der Waals surface area contributed by atoms with E-state index >= 15 is 0 Å². The van der Waals surface area contributed by atoms with E-state index in [0.717, 1.165) is 69.5 Å². The van der Waals surface area contributed by atoms with Gasteiger partial charge in [0.1, 0.15) is 5.75 Å². The molecule has 0 unspecified atom stereocenters. The van der Waals surface area contributed by atoms with E-state index in [1.165, 1.54) is 11.3 Å². The van der Waals surface area contributed by atoms with Crippen LogP contribution in [-0.2, 0) is 16.7 Å². The van der Waals surface area contributed by atoms with Gasteiger partial charge in [0, 0.05) is 51.0 Å². The Balaban J connectivity index is 1.54. The van der Waals surface area contributed by atoms with Crippen molar-refractivity contribution in [2.45, 2.75) is 45.1 Å². The van der Waals surface area contributed by atoms with Gasteiger partial charge in [0.15, 0.2) is 5.96 Å². The zero-order chi connectivity index (χ0) is 21.4. The first kappa shape index (κ1) is 22.2. The highest BCUT2D eigenvalue weighted by atomic mass is 16.5. The normalized spacial score (nSPS) is 16.3. The van der Waals surface area contributed by atoms with E-state index in [4.69, 9.17) is 9.47 Å². The molecule has 0 bridgehead atoms. The number of nitrogens with one attached hydrogen (secondary N) is 2. The molecule has 30 heavy (non-hydrogen) atoms. The fourth-order valence-electron chi connectivity index (χ4n) is 4.08. The molecular formula is C23H35N5O2. The van der Waals surface area contributed by atoms with Gasteiger partial charge >= 0.3 is 0 Å². The molecule has 2 aromatic rings. The van der Waals surface area contributed by atoms with E-state index < -0.39 is 0 Å². The van der Waals surface area contributed by atoms with Gasteiger partial charge in [0.2, 0.25) is 0 Å². The molecule has 3 rings (SSSR count). The highest BCUT2D eigenvalue weighted by Crippen LogP contribution is 2.35. The monoisotopic (exact) mass is 413 g/mol. The molecule has 7 heteroatoms. The maximum atomic E-state index is 5.65. The second-order valence-corrected chi connectivity index (χ2v) is 7.98. The van der Waals surface area contributed by atoms with Gasteiger partial charge in [-0.15, -0.1) is 0 Å². The SMILES string of the molecule is CN=C(NCCCn1nc(C)cc1C)NCC1(c2ccc(OC)cc2)CCOCC1. The molecule has 1 aliphatic heterocycles. The highest BCUT2D eigenvalue weighted by Gasteiger charge is 2.34. The summed E-state index contributed by atoms with van der Waals surface area (Å²) in [5.74, 6) is 1.72. The number of ether oxygens (including phenoxy) is 2. The van der Waals surface area contributed by atoms with Gasteiger partial charge in [0.05, 0.1) is 12.8 Å². The number of rotatable bonds is 8. The second-order valence-electron chi connectivity index (χ2n) is 7.98. The van der Waals surface area contributed by atoms with Crippen molar-refractivity contribution in [3.05, 3.63) is 47.3 Å². The summed E-state index contributed by atoms with van der Waals surface area (Å²) in [4.78, 5) is 4.41. The molecule has 0 radical (unpaired) electrons. The Morgan fingerprint density at radius 3 is 2.53 bits per heavy atom. The van der Waals surface area contributed by atoms with Crippen LogP contribution >= 0.6 is 0 Å². The number of methoxy groups -OCH3 is 1. The number of nitrogens with zero attached hydrogens (tertiary/aromatic N) is 3. The first-order valence-corrected chi connectivity index (χ1v) is 10.7. The molecule has 1 fully saturated rings. The van der Waals surface area contributed by atoms with Crippen LogP contribution in [0, 0.1) is 13.8 Å². The molecule has 1 saturated heterocycles. The Kier molecular flexibility index (Phi) is 7.74. The Hall–Kier alpha value is -2.54. The lowest BCUT2D eigenvalue weighted by molar-refractivity contribution is 0.0513. The summed E-state index contributed by atoms with van der Waals surface area (Å²) < 4.78 is 13.0. The zero-order valence-electron chi connectivity index (χ0n) is 18.7. The van der Waals surface area contributed by atoms with Crippen LogP contribution in [-0.4, -0.2) is 56.2 Å². The Bertz CT molecular complexity index is 823. The van der Waals surface area contributed by atoms with Gasteiger partial charge in [0.25, 0.3) is 0 Å². The first-order valence-electron chi connectivity index (χ1n) is 10.7. The molecule has 7 nitrogen and oxygen atoms in total. The predicted molar refractivity (Wildman–Crippen MR) is 120 cm³/mol. The van der Waals surface area contributed by atoms with Gasteiger partial charge in [-0.2, -0.15) is 5.10 Å². The van der Waals surface area contributed by atoms with Crippen LogP contribution in [0.5, 0.6) is 5.75 Å². The van der Waals surface area contributed by atoms with Gasteiger partial charge in [-0.3, -0.25) is 9.67 Å². The third-order valence-electron chi connectivity index (χ3n) is 5.91.